The third-order valence-electron chi connectivity index (χ3n) is 6.41. The molecule has 5 nitrogen and oxygen atoms in total. The van der Waals surface area contributed by atoms with Crippen LogP contribution in [0.25, 0.3) is 0 Å². The molecule has 0 saturated carbocycles. The van der Waals surface area contributed by atoms with Crippen molar-refractivity contribution >= 4 is 11.8 Å². The number of likely N-dealkylation sites (N-methyl/N-ethyl adjacent to an activating group) is 1. The average Bonchev–Trinajstić information content (AvgIpc) is 3.01. The Bertz CT molecular complexity index is 479. The van der Waals surface area contributed by atoms with E-state index < -0.39 is 12.2 Å². The lowest BCUT2D eigenvalue weighted by molar-refractivity contribution is -0.600. The summed E-state index contributed by atoms with van der Waals surface area (Å²) < 4.78 is 1.78. The van der Waals surface area contributed by atoms with Gasteiger partial charge in [0.15, 0.2) is 6.04 Å². The fourth-order valence-electron chi connectivity index (χ4n) is 4.56. The molecule has 5 heteroatoms. The highest BCUT2D eigenvalue weighted by Crippen LogP contribution is 2.17. The number of nitrogens with zero attached hydrogens (tertiary/aromatic N) is 1. The number of hydrogen-bond donors (Lipinski definition) is 3. The minimum absolute atomic E-state index is 0.0362. The molecule has 2 unspecified atom stereocenters. The Labute approximate surface area is 185 Å². The van der Waals surface area contributed by atoms with E-state index in [4.69, 9.17) is 5.11 Å². The number of aliphatic hydroxyl groups excluding tert-OH is 1. The molecule has 0 amide bonds. The highest BCUT2D eigenvalue weighted by Gasteiger charge is 2.39. The van der Waals surface area contributed by atoms with E-state index in [0.29, 0.717) is 12.4 Å². The molecule has 0 aliphatic carbocycles. The molecule has 1 rings (SSSR count). The molecule has 1 heterocycles. The Balaban J connectivity index is 1.91. The van der Waals surface area contributed by atoms with Crippen molar-refractivity contribution in [1.29, 1.82) is 0 Å². The summed E-state index contributed by atoms with van der Waals surface area (Å²) in [6.07, 6.45) is 22.0. The standard InChI is InChI=1S/C25H48N2O3/c1-3-5-6-7-8-9-10-11-12-13-14-15-16-17-18-19-20-22-25(30)27(4-2)23(26-22)21-24(28)29/h22,25,30H,3-21H2,1-2H3,(H,28,29)/p+1. The summed E-state index contributed by atoms with van der Waals surface area (Å²) in [6.45, 7) is 4.86. The molecular formula is C25H49N2O3+. The van der Waals surface area contributed by atoms with Crippen LogP contribution >= 0.6 is 0 Å². The van der Waals surface area contributed by atoms with Gasteiger partial charge in [0.2, 0.25) is 6.23 Å². The highest BCUT2D eigenvalue weighted by molar-refractivity contribution is 5.94. The van der Waals surface area contributed by atoms with Gasteiger partial charge in [-0.2, -0.15) is 0 Å². The Morgan fingerprint density at radius 3 is 1.63 bits per heavy atom. The van der Waals surface area contributed by atoms with Gasteiger partial charge in [-0.15, -0.1) is 0 Å². The van der Waals surface area contributed by atoms with Crippen molar-refractivity contribution in [3.05, 3.63) is 0 Å². The molecule has 30 heavy (non-hydrogen) atoms. The second kappa shape index (κ2) is 17.6. The predicted molar refractivity (Wildman–Crippen MR) is 125 cm³/mol. The summed E-state index contributed by atoms with van der Waals surface area (Å²) in [4.78, 5) is 11.0. The van der Waals surface area contributed by atoms with Crippen LogP contribution in [0.4, 0.5) is 0 Å². The number of unbranched alkanes of at least 4 members (excludes halogenated alkanes) is 15. The lowest BCUT2D eigenvalue weighted by Crippen LogP contribution is -2.36. The monoisotopic (exact) mass is 425 g/mol. The quantitative estimate of drug-likeness (QED) is 0.169. The van der Waals surface area contributed by atoms with Crippen molar-refractivity contribution in [1.82, 2.24) is 5.32 Å². The number of amidine groups is 1. The van der Waals surface area contributed by atoms with E-state index in [1.165, 1.54) is 96.3 Å². The summed E-state index contributed by atoms with van der Waals surface area (Å²) in [5.41, 5.74) is 0. The second-order valence-corrected chi connectivity index (χ2v) is 9.06. The highest BCUT2D eigenvalue weighted by atomic mass is 16.4. The van der Waals surface area contributed by atoms with Gasteiger partial charge in [0, 0.05) is 0 Å². The number of carbonyl (C=O) groups is 1. The summed E-state index contributed by atoms with van der Waals surface area (Å²) in [5, 5.41) is 22.7. The van der Waals surface area contributed by atoms with Gasteiger partial charge in [0.05, 0.1) is 6.54 Å². The largest absolute Gasteiger partial charge is 0.481 e. The molecule has 0 aromatic rings. The van der Waals surface area contributed by atoms with Crippen LogP contribution in [0.2, 0.25) is 0 Å². The zero-order valence-corrected chi connectivity index (χ0v) is 19.8. The average molecular weight is 426 g/mol. The summed E-state index contributed by atoms with van der Waals surface area (Å²) in [6, 6.07) is -0.0362. The lowest BCUT2D eigenvalue weighted by Gasteiger charge is -2.12. The molecule has 0 aromatic heterocycles. The van der Waals surface area contributed by atoms with E-state index in [2.05, 4.69) is 12.2 Å². The maximum absolute atomic E-state index is 11.0. The predicted octanol–water partition coefficient (Wildman–Crippen LogP) is 5.83. The normalized spacial score (nSPS) is 18.8. The fraction of sp³-hybridized carbons (Fsp3) is 0.920. The lowest BCUT2D eigenvalue weighted by atomic mass is 10.0. The molecule has 0 fully saturated rings. The minimum atomic E-state index is -0.855. The van der Waals surface area contributed by atoms with Crippen LogP contribution in [-0.4, -0.2) is 45.4 Å². The van der Waals surface area contributed by atoms with Crippen molar-refractivity contribution < 1.29 is 19.6 Å². The van der Waals surface area contributed by atoms with Crippen LogP contribution in [0.3, 0.4) is 0 Å². The molecule has 0 radical (unpaired) electrons. The first-order valence-electron chi connectivity index (χ1n) is 12.9. The third-order valence-corrected chi connectivity index (χ3v) is 6.41. The van der Waals surface area contributed by atoms with Gasteiger partial charge < -0.3 is 10.2 Å². The summed E-state index contributed by atoms with van der Waals surface area (Å²) in [7, 11) is 0. The minimum Gasteiger partial charge on any atom is -0.481 e. The number of aliphatic carboxylic acids is 1. The van der Waals surface area contributed by atoms with Crippen LogP contribution in [0.1, 0.15) is 129 Å². The van der Waals surface area contributed by atoms with E-state index >= 15 is 0 Å². The van der Waals surface area contributed by atoms with Crippen molar-refractivity contribution in [3.63, 3.8) is 0 Å². The Hall–Kier alpha value is -1.10. The first-order valence-corrected chi connectivity index (χ1v) is 12.9. The van der Waals surface area contributed by atoms with Gasteiger partial charge in [-0.05, 0) is 19.8 Å². The molecule has 2 atom stereocenters. The number of aliphatic hydroxyl groups is 1. The number of carboxylic acid groups (broad SMARTS) is 1. The van der Waals surface area contributed by atoms with Crippen molar-refractivity contribution in [2.45, 2.75) is 142 Å². The SMILES string of the molecule is CCCCCCCCCCCCCCCCCCC1NC(CC(=O)O)=[N+](CC)C1O. The first kappa shape index (κ1) is 26.9. The summed E-state index contributed by atoms with van der Waals surface area (Å²) in [5.74, 6) is -0.204. The molecule has 0 bridgehead atoms. The van der Waals surface area contributed by atoms with Gasteiger partial charge in [0.1, 0.15) is 6.42 Å². The smallest absolute Gasteiger partial charge is 0.315 e. The Kier molecular flexibility index (Phi) is 15.8. The molecular weight excluding hydrogens is 376 g/mol. The molecule has 0 spiro atoms. The van der Waals surface area contributed by atoms with Crippen LogP contribution in [0.15, 0.2) is 0 Å². The van der Waals surface area contributed by atoms with Gasteiger partial charge in [-0.3, -0.25) is 10.1 Å². The number of carboxylic acids is 1. The molecule has 1 aliphatic rings. The topological polar surface area (TPSA) is 72.6 Å². The van der Waals surface area contributed by atoms with Crippen molar-refractivity contribution in [3.8, 4) is 0 Å². The molecule has 3 N–H and O–H groups in total. The first-order chi connectivity index (χ1) is 14.6. The van der Waals surface area contributed by atoms with Crippen LogP contribution < -0.4 is 5.32 Å². The second-order valence-electron chi connectivity index (χ2n) is 9.06. The maximum atomic E-state index is 11.0. The van der Waals surface area contributed by atoms with Crippen molar-refractivity contribution in [2.75, 3.05) is 6.54 Å². The van der Waals surface area contributed by atoms with E-state index in [1.54, 1.807) is 4.58 Å². The van der Waals surface area contributed by atoms with E-state index in [1.807, 2.05) is 6.92 Å². The van der Waals surface area contributed by atoms with Gasteiger partial charge in [-0.25, -0.2) is 4.58 Å². The molecule has 176 valence electrons. The number of hydrogen-bond acceptors (Lipinski definition) is 3. The molecule has 1 aliphatic heterocycles. The van der Waals surface area contributed by atoms with Gasteiger partial charge in [-0.1, -0.05) is 103 Å². The Morgan fingerprint density at radius 2 is 1.23 bits per heavy atom. The maximum Gasteiger partial charge on any atom is 0.315 e. The Morgan fingerprint density at radius 1 is 0.800 bits per heavy atom. The van der Waals surface area contributed by atoms with E-state index in [0.717, 1.165) is 12.8 Å². The van der Waals surface area contributed by atoms with E-state index in [9.17, 15) is 9.90 Å². The van der Waals surface area contributed by atoms with Crippen LogP contribution in [-0.2, 0) is 4.79 Å². The van der Waals surface area contributed by atoms with Gasteiger partial charge >= 0.3 is 5.97 Å². The van der Waals surface area contributed by atoms with Crippen molar-refractivity contribution in [2.24, 2.45) is 0 Å². The third kappa shape index (κ3) is 11.9. The van der Waals surface area contributed by atoms with E-state index in [-0.39, 0.29) is 12.5 Å². The zero-order valence-electron chi connectivity index (χ0n) is 19.8. The van der Waals surface area contributed by atoms with Gasteiger partial charge in [0.25, 0.3) is 5.84 Å². The zero-order chi connectivity index (χ0) is 22.0. The summed E-state index contributed by atoms with van der Waals surface area (Å²) >= 11 is 0. The van der Waals surface area contributed by atoms with Crippen LogP contribution in [0.5, 0.6) is 0 Å². The van der Waals surface area contributed by atoms with Crippen LogP contribution in [0, 0.1) is 0 Å². The number of rotatable bonds is 20. The fourth-order valence-corrected chi connectivity index (χ4v) is 4.56. The number of nitrogens with one attached hydrogen (secondary N) is 1. The molecule has 0 saturated heterocycles. The molecule has 0 aromatic carbocycles.